The van der Waals surface area contributed by atoms with Gasteiger partial charge in [-0.2, -0.15) is 0 Å². The van der Waals surface area contributed by atoms with Crippen LogP contribution in [0.15, 0.2) is 182 Å². The SMILES string of the molecule is c1ccc(-c2ccc(-c3c4ccccc4c(-c4cccc(-c5ccccc5)c4-c4ccccc4)c4ccccc34)cc2)cc1. The highest BCUT2D eigenvalue weighted by Gasteiger charge is 2.20. The molecule has 0 spiro atoms. The third-order valence-electron chi connectivity index (χ3n) is 8.69. The van der Waals surface area contributed by atoms with Crippen molar-refractivity contribution in [2.24, 2.45) is 0 Å². The van der Waals surface area contributed by atoms with E-state index in [0.717, 1.165) is 0 Å². The third-order valence-corrected chi connectivity index (χ3v) is 8.69. The molecule has 0 saturated heterocycles. The second kappa shape index (κ2) is 11.2. The number of hydrogen-bond donors (Lipinski definition) is 0. The lowest BCUT2D eigenvalue weighted by Crippen LogP contribution is -1.94. The minimum absolute atomic E-state index is 1.22. The molecule has 0 unspecified atom stereocenters. The lowest BCUT2D eigenvalue weighted by Gasteiger charge is -2.21. The van der Waals surface area contributed by atoms with Gasteiger partial charge in [0.25, 0.3) is 0 Å². The molecule has 0 aromatic heterocycles. The second-order valence-electron chi connectivity index (χ2n) is 11.2. The van der Waals surface area contributed by atoms with Gasteiger partial charge in [0.15, 0.2) is 0 Å². The van der Waals surface area contributed by atoms with Crippen LogP contribution in [0.25, 0.3) is 77.2 Å². The first-order valence-electron chi connectivity index (χ1n) is 15.2. The Morgan fingerprint density at radius 3 is 1.09 bits per heavy atom. The van der Waals surface area contributed by atoms with Crippen LogP contribution in [0.3, 0.4) is 0 Å². The van der Waals surface area contributed by atoms with Gasteiger partial charge in [-0.3, -0.25) is 0 Å². The first-order valence-corrected chi connectivity index (χ1v) is 15.2. The molecule has 0 amide bonds. The van der Waals surface area contributed by atoms with Gasteiger partial charge in [-0.1, -0.05) is 182 Å². The summed E-state index contributed by atoms with van der Waals surface area (Å²) in [4.78, 5) is 0. The molecule has 0 fully saturated rings. The molecule has 0 nitrogen and oxygen atoms in total. The molecule has 8 aromatic carbocycles. The predicted molar refractivity (Wildman–Crippen MR) is 189 cm³/mol. The van der Waals surface area contributed by atoms with Gasteiger partial charge in [-0.25, -0.2) is 0 Å². The van der Waals surface area contributed by atoms with E-state index < -0.39 is 0 Å². The van der Waals surface area contributed by atoms with Gasteiger partial charge in [-0.05, 0) is 77.2 Å². The van der Waals surface area contributed by atoms with E-state index in [0.29, 0.717) is 0 Å². The normalized spacial score (nSPS) is 11.2. The van der Waals surface area contributed by atoms with Crippen LogP contribution in [0.5, 0.6) is 0 Å². The molecule has 0 atom stereocenters. The molecule has 0 heteroatoms. The van der Waals surface area contributed by atoms with Crippen molar-refractivity contribution in [1.29, 1.82) is 0 Å². The lowest BCUT2D eigenvalue weighted by molar-refractivity contribution is 1.57. The van der Waals surface area contributed by atoms with E-state index in [4.69, 9.17) is 0 Å². The number of rotatable bonds is 5. The van der Waals surface area contributed by atoms with Crippen molar-refractivity contribution in [2.75, 3.05) is 0 Å². The highest BCUT2D eigenvalue weighted by Crippen LogP contribution is 2.48. The summed E-state index contributed by atoms with van der Waals surface area (Å²) in [5.74, 6) is 0. The van der Waals surface area contributed by atoms with Crippen LogP contribution in [-0.4, -0.2) is 0 Å². The van der Waals surface area contributed by atoms with E-state index in [1.54, 1.807) is 0 Å². The Morgan fingerprint density at radius 2 is 0.545 bits per heavy atom. The van der Waals surface area contributed by atoms with Crippen LogP contribution in [-0.2, 0) is 0 Å². The Bertz CT molecular complexity index is 2170. The molecule has 206 valence electrons. The fourth-order valence-electron chi connectivity index (χ4n) is 6.72. The number of benzene rings is 8. The van der Waals surface area contributed by atoms with Crippen molar-refractivity contribution in [3.63, 3.8) is 0 Å². The summed E-state index contributed by atoms with van der Waals surface area (Å²) in [5, 5.41) is 5.04. The van der Waals surface area contributed by atoms with Crippen molar-refractivity contribution in [1.82, 2.24) is 0 Å². The number of fused-ring (bicyclic) bond motifs is 2. The Morgan fingerprint density at radius 1 is 0.182 bits per heavy atom. The van der Waals surface area contributed by atoms with E-state index in [9.17, 15) is 0 Å². The van der Waals surface area contributed by atoms with Gasteiger partial charge in [0.05, 0.1) is 0 Å². The summed E-state index contributed by atoms with van der Waals surface area (Å²) in [6, 6.07) is 65.9. The summed E-state index contributed by atoms with van der Waals surface area (Å²) in [6.45, 7) is 0. The van der Waals surface area contributed by atoms with Crippen molar-refractivity contribution in [2.45, 2.75) is 0 Å². The Balaban J connectivity index is 1.43. The summed E-state index contributed by atoms with van der Waals surface area (Å²) < 4.78 is 0. The average molecular weight is 559 g/mol. The van der Waals surface area contributed by atoms with Gasteiger partial charge >= 0.3 is 0 Å². The Hall–Kier alpha value is -5.72. The molecule has 44 heavy (non-hydrogen) atoms. The summed E-state index contributed by atoms with van der Waals surface area (Å²) >= 11 is 0. The topological polar surface area (TPSA) is 0 Å². The largest absolute Gasteiger partial charge is 0.0622 e. The fraction of sp³-hybridized carbons (Fsp3) is 0. The van der Waals surface area contributed by atoms with Gasteiger partial charge in [0.1, 0.15) is 0 Å². The molecule has 8 rings (SSSR count). The van der Waals surface area contributed by atoms with Crippen LogP contribution in [0, 0.1) is 0 Å². The molecule has 0 bridgehead atoms. The maximum Gasteiger partial charge on any atom is -0.00199 e. The summed E-state index contributed by atoms with van der Waals surface area (Å²) in [6.07, 6.45) is 0. The zero-order valence-corrected chi connectivity index (χ0v) is 24.3. The van der Waals surface area contributed by atoms with E-state index in [1.165, 1.54) is 77.2 Å². The summed E-state index contributed by atoms with van der Waals surface area (Å²) in [5.41, 5.74) is 12.4. The smallest absolute Gasteiger partial charge is 0.00199 e. The fourth-order valence-corrected chi connectivity index (χ4v) is 6.72. The molecular weight excluding hydrogens is 528 g/mol. The molecule has 0 radical (unpaired) electrons. The minimum atomic E-state index is 1.22. The first-order chi connectivity index (χ1) is 21.9. The molecule has 8 aromatic rings. The molecule has 0 saturated carbocycles. The highest BCUT2D eigenvalue weighted by atomic mass is 14.2. The van der Waals surface area contributed by atoms with Gasteiger partial charge < -0.3 is 0 Å². The molecule has 0 aliphatic carbocycles. The predicted octanol–water partition coefficient (Wildman–Crippen LogP) is 12.3. The first kappa shape index (κ1) is 25.9. The van der Waals surface area contributed by atoms with Crippen molar-refractivity contribution in [3.05, 3.63) is 182 Å². The van der Waals surface area contributed by atoms with Crippen LogP contribution >= 0.6 is 0 Å². The monoisotopic (exact) mass is 558 g/mol. The minimum Gasteiger partial charge on any atom is -0.0622 e. The standard InChI is InChI=1S/C44H30/c1-4-15-31(16-5-1)32-27-29-35(30-28-32)43-37-21-10-12-23-39(37)44(40-24-13-11-22-38(40)43)41-26-14-25-36(33-17-6-2-7-18-33)42(41)34-19-8-3-9-20-34/h1-30H. The van der Waals surface area contributed by atoms with E-state index >= 15 is 0 Å². The average Bonchev–Trinajstić information content (AvgIpc) is 3.11. The molecule has 0 N–H and O–H groups in total. The van der Waals surface area contributed by atoms with E-state index in [1.807, 2.05) is 0 Å². The molecule has 0 aliphatic heterocycles. The molecule has 0 aliphatic rings. The number of hydrogen-bond acceptors (Lipinski definition) is 0. The zero-order valence-electron chi connectivity index (χ0n) is 24.3. The zero-order chi connectivity index (χ0) is 29.3. The van der Waals surface area contributed by atoms with Gasteiger partial charge in [-0.15, -0.1) is 0 Å². The Kier molecular flexibility index (Phi) is 6.59. The van der Waals surface area contributed by atoms with Crippen LogP contribution in [0.4, 0.5) is 0 Å². The van der Waals surface area contributed by atoms with E-state index in [-0.39, 0.29) is 0 Å². The summed E-state index contributed by atoms with van der Waals surface area (Å²) in [7, 11) is 0. The second-order valence-corrected chi connectivity index (χ2v) is 11.2. The van der Waals surface area contributed by atoms with Crippen molar-refractivity contribution >= 4 is 21.5 Å². The van der Waals surface area contributed by atoms with Gasteiger partial charge in [0.2, 0.25) is 0 Å². The maximum absolute atomic E-state index is 2.30. The Labute approximate surface area is 258 Å². The van der Waals surface area contributed by atoms with Gasteiger partial charge in [0, 0.05) is 0 Å². The van der Waals surface area contributed by atoms with Crippen molar-refractivity contribution < 1.29 is 0 Å². The highest BCUT2D eigenvalue weighted by molar-refractivity contribution is 6.23. The van der Waals surface area contributed by atoms with E-state index in [2.05, 4.69) is 182 Å². The molecule has 0 heterocycles. The lowest BCUT2D eigenvalue weighted by atomic mass is 9.81. The van der Waals surface area contributed by atoms with Crippen molar-refractivity contribution in [3.8, 4) is 55.6 Å². The third kappa shape index (κ3) is 4.49. The molecular formula is C44H30. The maximum atomic E-state index is 2.30. The quantitative estimate of drug-likeness (QED) is 0.184. The van der Waals surface area contributed by atoms with Crippen LogP contribution in [0.1, 0.15) is 0 Å². The van der Waals surface area contributed by atoms with Crippen LogP contribution in [0.2, 0.25) is 0 Å². The van der Waals surface area contributed by atoms with Crippen LogP contribution < -0.4 is 0 Å².